The Bertz CT molecular complexity index is 404. The Morgan fingerprint density at radius 2 is 2.05 bits per heavy atom. The third-order valence-electron chi connectivity index (χ3n) is 4.27. The molecule has 1 aromatic rings. The van der Waals surface area contributed by atoms with Crippen LogP contribution < -0.4 is 0 Å². The van der Waals surface area contributed by atoms with Crippen molar-refractivity contribution in [3.05, 3.63) is 29.8 Å². The second-order valence-corrected chi connectivity index (χ2v) is 5.95. The smallest absolute Gasteiger partial charge is 0.115 e. The van der Waals surface area contributed by atoms with Crippen molar-refractivity contribution in [2.75, 3.05) is 20.2 Å². The number of benzene rings is 1. The van der Waals surface area contributed by atoms with E-state index < -0.39 is 0 Å². The molecular formula is C16H25NO2. The van der Waals surface area contributed by atoms with Gasteiger partial charge in [0.2, 0.25) is 0 Å². The molecule has 3 nitrogen and oxygen atoms in total. The summed E-state index contributed by atoms with van der Waals surface area (Å²) in [4.78, 5) is 2.51. The van der Waals surface area contributed by atoms with Gasteiger partial charge in [0.1, 0.15) is 5.75 Å². The fourth-order valence-electron chi connectivity index (χ4n) is 2.89. The quantitative estimate of drug-likeness (QED) is 0.906. The zero-order valence-electron chi connectivity index (χ0n) is 12.2. The number of nitrogens with zero attached hydrogens (tertiary/aromatic N) is 1. The van der Waals surface area contributed by atoms with Crippen molar-refractivity contribution in [2.45, 2.75) is 44.8 Å². The number of methoxy groups -OCH3 is 1. The molecule has 0 amide bonds. The van der Waals surface area contributed by atoms with Crippen molar-refractivity contribution >= 4 is 0 Å². The highest BCUT2D eigenvalue weighted by Crippen LogP contribution is 2.26. The number of hydrogen-bond acceptors (Lipinski definition) is 3. The van der Waals surface area contributed by atoms with Crippen molar-refractivity contribution < 1.29 is 9.84 Å². The Kier molecular flexibility index (Phi) is 4.48. The SMILES string of the molecule is COC1(C)CCCN(C(C)Cc2ccc(O)cc2)C1. The molecule has 1 aromatic carbocycles. The predicted octanol–water partition coefficient (Wildman–Crippen LogP) is 2.82. The van der Waals surface area contributed by atoms with Gasteiger partial charge in [0, 0.05) is 19.7 Å². The minimum absolute atomic E-state index is 0.00145. The first kappa shape index (κ1) is 14.4. The number of likely N-dealkylation sites (tertiary alicyclic amines) is 1. The Morgan fingerprint density at radius 1 is 1.37 bits per heavy atom. The largest absolute Gasteiger partial charge is 0.508 e. The molecule has 1 aliphatic rings. The molecule has 1 fully saturated rings. The van der Waals surface area contributed by atoms with Crippen molar-refractivity contribution in [1.82, 2.24) is 4.90 Å². The van der Waals surface area contributed by atoms with Gasteiger partial charge in [-0.05, 0) is 57.4 Å². The van der Waals surface area contributed by atoms with E-state index in [-0.39, 0.29) is 5.60 Å². The van der Waals surface area contributed by atoms with Gasteiger partial charge in [-0.3, -0.25) is 4.90 Å². The van der Waals surface area contributed by atoms with E-state index in [1.165, 1.54) is 12.0 Å². The highest BCUT2D eigenvalue weighted by atomic mass is 16.5. The van der Waals surface area contributed by atoms with E-state index in [2.05, 4.69) is 18.7 Å². The Morgan fingerprint density at radius 3 is 2.68 bits per heavy atom. The molecule has 3 heteroatoms. The van der Waals surface area contributed by atoms with Crippen LogP contribution in [-0.2, 0) is 11.2 Å². The number of phenolic OH excluding ortho intramolecular Hbond substituents is 1. The second-order valence-electron chi connectivity index (χ2n) is 5.95. The molecule has 0 bridgehead atoms. The Hall–Kier alpha value is -1.06. The monoisotopic (exact) mass is 263 g/mol. The van der Waals surface area contributed by atoms with Crippen molar-refractivity contribution in [3.63, 3.8) is 0 Å². The maximum atomic E-state index is 9.31. The summed E-state index contributed by atoms with van der Waals surface area (Å²) in [5.41, 5.74) is 1.27. The standard InChI is InChI=1S/C16H25NO2/c1-13(11-14-5-7-15(18)8-6-14)17-10-4-9-16(2,12-17)19-3/h5-8,13,18H,4,9-12H2,1-3H3. The molecule has 2 unspecified atom stereocenters. The Balaban J connectivity index is 1.95. The average Bonchev–Trinajstić information content (AvgIpc) is 2.41. The van der Waals surface area contributed by atoms with E-state index in [4.69, 9.17) is 4.74 Å². The lowest BCUT2D eigenvalue weighted by atomic mass is 9.92. The third-order valence-corrected chi connectivity index (χ3v) is 4.27. The minimum Gasteiger partial charge on any atom is -0.508 e. The van der Waals surface area contributed by atoms with Crippen LogP contribution >= 0.6 is 0 Å². The number of hydrogen-bond donors (Lipinski definition) is 1. The summed E-state index contributed by atoms with van der Waals surface area (Å²) < 4.78 is 5.65. The minimum atomic E-state index is 0.00145. The van der Waals surface area contributed by atoms with Crippen LogP contribution in [0.15, 0.2) is 24.3 Å². The molecule has 19 heavy (non-hydrogen) atoms. The molecule has 0 spiro atoms. The van der Waals surface area contributed by atoms with Crippen molar-refractivity contribution in [1.29, 1.82) is 0 Å². The van der Waals surface area contributed by atoms with E-state index in [1.54, 1.807) is 12.1 Å². The average molecular weight is 263 g/mol. The summed E-state index contributed by atoms with van der Waals surface area (Å²) in [5, 5.41) is 9.31. The molecule has 106 valence electrons. The maximum absolute atomic E-state index is 9.31. The molecule has 0 aromatic heterocycles. The fourth-order valence-corrected chi connectivity index (χ4v) is 2.89. The predicted molar refractivity (Wildman–Crippen MR) is 77.5 cm³/mol. The normalized spacial score (nSPS) is 26.3. The molecule has 0 radical (unpaired) electrons. The fraction of sp³-hybridized carbons (Fsp3) is 0.625. The van der Waals surface area contributed by atoms with E-state index in [0.717, 1.165) is 25.9 Å². The molecule has 0 aliphatic carbocycles. The van der Waals surface area contributed by atoms with E-state index in [0.29, 0.717) is 11.8 Å². The molecule has 1 aliphatic heterocycles. The zero-order valence-corrected chi connectivity index (χ0v) is 12.2. The van der Waals surface area contributed by atoms with E-state index >= 15 is 0 Å². The summed E-state index contributed by atoms with van der Waals surface area (Å²) in [6.45, 7) is 6.63. The lowest BCUT2D eigenvalue weighted by molar-refractivity contribution is -0.0594. The van der Waals surface area contributed by atoms with Gasteiger partial charge in [0.05, 0.1) is 5.60 Å². The van der Waals surface area contributed by atoms with Gasteiger partial charge in [-0.15, -0.1) is 0 Å². The van der Waals surface area contributed by atoms with Crippen LogP contribution in [-0.4, -0.2) is 41.8 Å². The highest BCUT2D eigenvalue weighted by molar-refractivity contribution is 5.26. The first-order valence-electron chi connectivity index (χ1n) is 7.09. The van der Waals surface area contributed by atoms with Crippen LogP contribution in [0.3, 0.4) is 0 Å². The zero-order chi connectivity index (χ0) is 13.9. The number of ether oxygens (including phenoxy) is 1. The van der Waals surface area contributed by atoms with Gasteiger partial charge < -0.3 is 9.84 Å². The lowest BCUT2D eigenvalue weighted by Crippen LogP contribution is -2.50. The van der Waals surface area contributed by atoms with Crippen molar-refractivity contribution in [2.24, 2.45) is 0 Å². The van der Waals surface area contributed by atoms with Gasteiger partial charge in [-0.2, -0.15) is 0 Å². The van der Waals surface area contributed by atoms with Gasteiger partial charge >= 0.3 is 0 Å². The van der Waals surface area contributed by atoms with Crippen molar-refractivity contribution in [3.8, 4) is 5.75 Å². The van der Waals surface area contributed by atoms with Crippen LogP contribution in [0.5, 0.6) is 5.75 Å². The summed E-state index contributed by atoms with van der Waals surface area (Å²) >= 11 is 0. The van der Waals surface area contributed by atoms with Crippen LogP contribution in [0.2, 0.25) is 0 Å². The van der Waals surface area contributed by atoms with Gasteiger partial charge in [0.15, 0.2) is 0 Å². The Labute approximate surface area is 116 Å². The number of aromatic hydroxyl groups is 1. The van der Waals surface area contributed by atoms with E-state index in [1.807, 2.05) is 19.2 Å². The molecular weight excluding hydrogens is 238 g/mol. The summed E-state index contributed by atoms with van der Waals surface area (Å²) in [5.74, 6) is 0.335. The second kappa shape index (κ2) is 5.93. The maximum Gasteiger partial charge on any atom is 0.115 e. The summed E-state index contributed by atoms with van der Waals surface area (Å²) in [7, 11) is 1.81. The highest BCUT2D eigenvalue weighted by Gasteiger charge is 2.32. The number of rotatable bonds is 4. The first-order chi connectivity index (χ1) is 9.02. The number of piperidine rings is 1. The first-order valence-corrected chi connectivity index (χ1v) is 7.09. The molecule has 1 N–H and O–H groups in total. The van der Waals surface area contributed by atoms with Crippen LogP contribution in [0.4, 0.5) is 0 Å². The molecule has 1 heterocycles. The molecule has 2 rings (SSSR count). The van der Waals surface area contributed by atoms with Gasteiger partial charge in [-0.1, -0.05) is 12.1 Å². The molecule has 2 atom stereocenters. The summed E-state index contributed by atoms with van der Waals surface area (Å²) in [6.07, 6.45) is 3.36. The van der Waals surface area contributed by atoms with Crippen LogP contribution in [0.25, 0.3) is 0 Å². The number of phenols is 1. The van der Waals surface area contributed by atoms with E-state index in [9.17, 15) is 5.11 Å². The topological polar surface area (TPSA) is 32.7 Å². The van der Waals surface area contributed by atoms with Crippen LogP contribution in [0.1, 0.15) is 32.3 Å². The third kappa shape index (κ3) is 3.71. The molecule has 0 saturated carbocycles. The van der Waals surface area contributed by atoms with Gasteiger partial charge in [0.25, 0.3) is 0 Å². The van der Waals surface area contributed by atoms with Crippen LogP contribution in [0, 0.1) is 0 Å². The lowest BCUT2D eigenvalue weighted by Gasteiger charge is -2.42. The van der Waals surface area contributed by atoms with Gasteiger partial charge in [-0.25, -0.2) is 0 Å². The molecule has 1 saturated heterocycles. The summed E-state index contributed by atoms with van der Waals surface area (Å²) in [6, 6.07) is 8.03.